The van der Waals surface area contributed by atoms with Crippen LogP contribution in [0.25, 0.3) is 5.69 Å². The molecule has 0 saturated heterocycles. The second-order valence-electron chi connectivity index (χ2n) is 8.08. The van der Waals surface area contributed by atoms with E-state index in [9.17, 15) is 9.59 Å². The van der Waals surface area contributed by atoms with Gasteiger partial charge in [-0.25, -0.2) is 9.48 Å². The molecular formula is C25H28ClN3O4. The van der Waals surface area contributed by atoms with Crippen LogP contribution in [0.4, 0.5) is 5.69 Å². The summed E-state index contributed by atoms with van der Waals surface area (Å²) in [6.45, 7) is 8.84. The maximum atomic E-state index is 12.4. The van der Waals surface area contributed by atoms with E-state index in [2.05, 4.69) is 10.4 Å². The van der Waals surface area contributed by atoms with Crippen LogP contribution in [0.2, 0.25) is 5.02 Å². The molecule has 0 aliphatic carbocycles. The number of carbonyl (C=O) groups excluding carboxylic acids is 2. The van der Waals surface area contributed by atoms with E-state index in [0.29, 0.717) is 22.2 Å². The Bertz CT molecular complexity index is 1160. The van der Waals surface area contributed by atoms with Crippen molar-refractivity contribution < 1.29 is 19.1 Å². The van der Waals surface area contributed by atoms with Gasteiger partial charge in [-0.1, -0.05) is 43.6 Å². The lowest BCUT2D eigenvalue weighted by Crippen LogP contribution is -2.24. The van der Waals surface area contributed by atoms with Gasteiger partial charge in [-0.05, 0) is 62.1 Å². The first-order valence-electron chi connectivity index (χ1n) is 10.7. The van der Waals surface area contributed by atoms with Crippen LogP contribution in [-0.4, -0.2) is 34.9 Å². The van der Waals surface area contributed by atoms with Crippen LogP contribution >= 0.6 is 11.6 Å². The lowest BCUT2D eigenvalue weighted by molar-refractivity contribution is -0.149. The maximum Gasteiger partial charge on any atom is 0.344 e. The summed E-state index contributed by atoms with van der Waals surface area (Å²) < 4.78 is 12.5. The number of anilines is 1. The van der Waals surface area contributed by atoms with Gasteiger partial charge in [0.25, 0.3) is 5.91 Å². The highest BCUT2D eigenvalue weighted by molar-refractivity contribution is 6.31. The molecule has 3 rings (SSSR count). The Balaban J connectivity index is 1.56. The SMILES string of the molecule is Cc1cc(OCC(=O)OCC(=O)Nc2c(C)nn(-c3ccccc3)c2C)c(C(C)C)cc1Cl. The smallest absolute Gasteiger partial charge is 0.344 e. The predicted molar refractivity (Wildman–Crippen MR) is 128 cm³/mol. The van der Waals surface area contributed by atoms with Crippen molar-refractivity contribution >= 4 is 29.2 Å². The number of ether oxygens (including phenoxy) is 2. The molecule has 0 radical (unpaired) electrons. The van der Waals surface area contributed by atoms with Gasteiger partial charge >= 0.3 is 5.97 Å². The van der Waals surface area contributed by atoms with Crippen molar-refractivity contribution in [1.82, 2.24) is 9.78 Å². The van der Waals surface area contributed by atoms with E-state index in [4.69, 9.17) is 21.1 Å². The third-order valence-electron chi connectivity index (χ3n) is 5.18. The lowest BCUT2D eigenvalue weighted by Gasteiger charge is -2.15. The summed E-state index contributed by atoms with van der Waals surface area (Å²) in [7, 11) is 0. The molecule has 2 aromatic carbocycles. The van der Waals surface area contributed by atoms with Crippen LogP contribution < -0.4 is 10.1 Å². The zero-order valence-corrected chi connectivity index (χ0v) is 20.2. The molecule has 0 aliphatic heterocycles. The monoisotopic (exact) mass is 469 g/mol. The van der Waals surface area contributed by atoms with Crippen LogP contribution in [0.5, 0.6) is 5.75 Å². The Morgan fingerprint density at radius 1 is 1.09 bits per heavy atom. The first-order chi connectivity index (χ1) is 15.7. The minimum atomic E-state index is -0.638. The largest absolute Gasteiger partial charge is 0.482 e. The second-order valence-corrected chi connectivity index (χ2v) is 8.49. The summed E-state index contributed by atoms with van der Waals surface area (Å²) in [6.07, 6.45) is 0. The zero-order chi connectivity index (χ0) is 24.1. The quantitative estimate of drug-likeness (QED) is 0.462. The number of hydrogen-bond acceptors (Lipinski definition) is 5. The molecule has 0 bridgehead atoms. The number of hydrogen-bond donors (Lipinski definition) is 1. The highest BCUT2D eigenvalue weighted by Gasteiger charge is 2.17. The van der Waals surface area contributed by atoms with Gasteiger partial charge in [0.15, 0.2) is 13.2 Å². The van der Waals surface area contributed by atoms with E-state index in [1.54, 1.807) is 10.7 Å². The number of amides is 1. The number of aryl methyl sites for hydroxylation is 2. The predicted octanol–water partition coefficient (Wildman–Crippen LogP) is 5.14. The summed E-state index contributed by atoms with van der Waals surface area (Å²) in [5.41, 5.74) is 4.68. The Kier molecular flexibility index (Phi) is 7.76. The van der Waals surface area contributed by atoms with Gasteiger partial charge < -0.3 is 14.8 Å². The Hall–Kier alpha value is -3.32. The average molecular weight is 470 g/mol. The number of nitrogens with one attached hydrogen (secondary N) is 1. The normalized spacial score (nSPS) is 10.9. The van der Waals surface area contributed by atoms with Crippen LogP contribution in [0.3, 0.4) is 0 Å². The second kappa shape index (κ2) is 10.5. The molecule has 0 aliphatic rings. The Morgan fingerprint density at radius 2 is 1.79 bits per heavy atom. The molecule has 7 nitrogen and oxygen atoms in total. The van der Waals surface area contributed by atoms with Crippen LogP contribution in [0.15, 0.2) is 42.5 Å². The zero-order valence-electron chi connectivity index (χ0n) is 19.4. The number of benzene rings is 2. The van der Waals surface area contributed by atoms with Gasteiger partial charge in [-0.15, -0.1) is 0 Å². The highest BCUT2D eigenvalue weighted by Crippen LogP contribution is 2.32. The van der Waals surface area contributed by atoms with E-state index in [1.807, 2.05) is 71.0 Å². The molecule has 8 heteroatoms. The molecular weight excluding hydrogens is 442 g/mol. The first-order valence-corrected chi connectivity index (χ1v) is 11.0. The van der Waals surface area contributed by atoms with Crippen LogP contribution in [0, 0.1) is 20.8 Å². The molecule has 0 spiro atoms. The lowest BCUT2D eigenvalue weighted by atomic mass is 10.0. The summed E-state index contributed by atoms with van der Waals surface area (Å²) in [6, 6.07) is 13.3. The maximum absolute atomic E-state index is 12.4. The van der Waals surface area contributed by atoms with Crippen LogP contribution in [0.1, 0.15) is 42.3 Å². The number of aromatic nitrogens is 2. The van der Waals surface area contributed by atoms with Gasteiger partial charge in [-0.2, -0.15) is 5.10 Å². The van der Waals surface area contributed by atoms with E-state index in [0.717, 1.165) is 22.5 Å². The molecule has 0 atom stereocenters. The Morgan fingerprint density at radius 3 is 2.45 bits per heavy atom. The number of carbonyl (C=O) groups is 2. The molecule has 0 saturated carbocycles. The van der Waals surface area contributed by atoms with Crippen molar-refractivity contribution in [3.05, 3.63) is 70.0 Å². The third kappa shape index (κ3) is 5.93. The van der Waals surface area contributed by atoms with Gasteiger partial charge in [0.05, 0.1) is 22.8 Å². The molecule has 0 fully saturated rings. The summed E-state index contributed by atoms with van der Waals surface area (Å²) >= 11 is 6.20. The fourth-order valence-corrected chi connectivity index (χ4v) is 3.56. The number of para-hydroxylation sites is 1. The summed E-state index contributed by atoms with van der Waals surface area (Å²) in [4.78, 5) is 24.5. The van der Waals surface area contributed by atoms with Crippen molar-refractivity contribution in [2.24, 2.45) is 0 Å². The highest BCUT2D eigenvalue weighted by atomic mass is 35.5. The fourth-order valence-electron chi connectivity index (χ4n) is 3.39. The van der Waals surface area contributed by atoms with Gasteiger partial charge in [0.2, 0.25) is 0 Å². The fraction of sp³-hybridized carbons (Fsp3) is 0.320. The first kappa shape index (κ1) is 24.3. The van der Waals surface area contributed by atoms with Crippen LogP contribution in [-0.2, 0) is 14.3 Å². The number of esters is 1. The van der Waals surface area contributed by atoms with Crippen molar-refractivity contribution in [2.45, 2.75) is 40.5 Å². The van der Waals surface area contributed by atoms with E-state index < -0.39 is 18.5 Å². The molecule has 1 amide bonds. The third-order valence-corrected chi connectivity index (χ3v) is 5.59. The van der Waals surface area contributed by atoms with Gasteiger partial charge in [-0.3, -0.25) is 4.79 Å². The molecule has 3 aromatic rings. The molecule has 174 valence electrons. The Labute approximate surface area is 198 Å². The topological polar surface area (TPSA) is 82.4 Å². The number of rotatable bonds is 8. The average Bonchev–Trinajstić information content (AvgIpc) is 3.06. The van der Waals surface area contributed by atoms with Crippen molar-refractivity contribution in [1.29, 1.82) is 0 Å². The minimum Gasteiger partial charge on any atom is -0.482 e. The molecule has 1 N–H and O–H groups in total. The molecule has 1 aromatic heterocycles. The number of nitrogens with zero attached hydrogens (tertiary/aromatic N) is 2. The molecule has 1 heterocycles. The van der Waals surface area contributed by atoms with E-state index >= 15 is 0 Å². The summed E-state index contributed by atoms with van der Waals surface area (Å²) in [5, 5.41) is 7.92. The van der Waals surface area contributed by atoms with Crippen molar-refractivity contribution in [3.8, 4) is 11.4 Å². The standard InChI is InChI=1S/C25H28ClN3O4/c1-15(2)20-12-21(26)16(3)11-22(20)32-14-24(31)33-13-23(30)27-25-17(4)28-29(18(25)5)19-9-7-6-8-10-19/h6-12,15H,13-14H2,1-5H3,(H,27,30). The van der Waals surface area contributed by atoms with Crippen molar-refractivity contribution in [2.75, 3.05) is 18.5 Å². The van der Waals surface area contributed by atoms with Crippen molar-refractivity contribution in [3.63, 3.8) is 0 Å². The number of halogens is 1. The van der Waals surface area contributed by atoms with E-state index in [1.165, 1.54) is 0 Å². The van der Waals surface area contributed by atoms with E-state index in [-0.39, 0.29) is 12.5 Å². The molecule has 33 heavy (non-hydrogen) atoms. The molecule has 0 unspecified atom stereocenters. The van der Waals surface area contributed by atoms with Gasteiger partial charge in [0, 0.05) is 5.02 Å². The summed E-state index contributed by atoms with van der Waals surface area (Å²) in [5.74, 6) is -0.343. The van der Waals surface area contributed by atoms with Gasteiger partial charge in [0.1, 0.15) is 5.75 Å². The minimum absolute atomic E-state index is 0.170.